The summed E-state index contributed by atoms with van der Waals surface area (Å²) in [7, 11) is 0. The molecular weight excluding hydrogens is 132 g/mol. The van der Waals surface area contributed by atoms with Gasteiger partial charge in [-0.1, -0.05) is 11.6 Å². The normalized spacial score (nSPS) is 39.7. The highest BCUT2D eigenvalue weighted by Gasteiger charge is 2.20. The second-order valence-electron chi connectivity index (χ2n) is 1.41. The number of rotatable bonds is 0. The second kappa shape index (κ2) is 1.65. The summed E-state index contributed by atoms with van der Waals surface area (Å²) in [6.07, 6.45) is 0. The predicted molar refractivity (Wildman–Crippen MR) is 33.5 cm³/mol. The van der Waals surface area contributed by atoms with Crippen LogP contribution in [0.15, 0.2) is 4.99 Å². The molecule has 0 fully saturated rings. The Kier molecular flexibility index (Phi) is 1.28. The molecule has 0 bridgehead atoms. The highest BCUT2D eigenvalue weighted by atomic mass is 35.5. The molecule has 0 saturated heterocycles. The van der Waals surface area contributed by atoms with E-state index in [9.17, 15) is 0 Å². The zero-order valence-corrected chi connectivity index (χ0v) is 5.38. The van der Waals surface area contributed by atoms with Crippen LogP contribution in [0.4, 0.5) is 0 Å². The maximum Gasteiger partial charge on any atom is 0.193 e. The molecule has 0 amide bonds. The summed E-state index contributed by atoms with van der Waals surface area (Å²) in [6.45, 7) is 1.80. The lowest BCUT2D eigenvalue weighted by molar-refractivity contribution is 0.669. The maximum absolute atomic E-state index is 5.64. The molecule has 0 aromatic rings. The Morgan fingerprint density at radius 2 is 2.71 bits per heavy atom. The van der Waals surface area contributed by atoms with Crippen molar-refractivity contribution in [1.82, 2.24) is 4.72 Å². The molecule has 1 aliphatic rings. The molecule has 0 spiro atoms. The maximum atomic E-state index is 5.64. The zero-order valence-electron chi connectivity index (χ0n) is 3.81. The first-order chi connectivity index (χ1) is 3.21. The lowest BCUT2D eigenvalue weighted by atomic mass is 10.6. The van der Waals surface area contributed by atoms with Crippen molar-refractivity contribution in [3.05, 3.63) is 0 Å². The average molecular weight is 137 g/mol. The molecule has 0 aromatic heterocycles. The van der Waals surface area contributed by atoms with Gasteiger partial charge in [-0.05, 0) is 18.9 Å². The molecule has 4 heteroatoms. The molecule has 1 rings (SSSR count). The third kappa shape index (κ3) is 1.33. The van der Waals surface area contributed by atoms with Crippen LogP contribution in [0.2, 0.25) is 0 Å². The van der Waals surface area contributed by atoms with E-state index in [-0.39, 0.29) is 0 Å². The van der Waals surface area contributed by atoms with Crippen LogP contribution in [0, 0.1) is 0 Å². The van der Waals surface area contributed by atoms with Gasteiger partial charge in [-0.2, -0.15) is 0 Å². The van der Waals surface area contributed by atoms with Gasteiger partial charge in [0, 0.05) is 0 Å². The van der Waals surface area contributed by atoms with Crippen LogP contribution in [-0.4, -0.2) is 10.7 Å². The van der Waals surface area contributed by atoms with E-state index in [1.807, 2.05) is 0 Å². The number of nitrogens with one attached hydrogen (secondary N) is 1. The van der Waals surface area contributed by atoms with Gasteiger partial charge in [0.1, 0.15) is 0 Å². The van der Waals surface area contributed by atoms with Crippen molar-refractivity contribution in [2.45, 2.75) is 12.0 Å². The number of hydrogen-bond donors (Lipinski definition) is 1. The Morgan fingerprint density at radius 1 is 2.00 bits per heavy atom. The Labute approximate surface area is 51.5 Å². The Balaban J connectivity index is 2.57. The average Bonchev–Trinajstić information content (AvgIpc) is 1.84. The van der Waals surface area contributed by atoms with E-state index in [0.717, 1.165) is 0 Å². The number of nitrogens with zero attached hydrogens (tertiary/aromatic N) is 1. The van der Waals surface area contributed by atoms with Crippen LogP contribution < -0.4 is 4.72 Å². The monoisotopic (exact) mass is 136 g/mol. The molecule has 1 heterocycles. The zero-order chi connectivity index (χ0) is 5.33. The summed E-state index contributed by atoms with van der Waals surface area (Å²) in [6, 6.07) is 0. The van der Waals surface area contributed by atoms with Gasteiger partial charge in [0.15, 0.2) is 5.12 Å². The lowest BCUT2D eigenvalue weighted by Gasteiger charge is -2.07. The van der Waals surface area contributed by atoms with E-state index < -0.39 is 5.12 Å². The molecular formula is C3H5ClN2S. The number of aliphatic imine (C=N–C) groups is 1. The number of hydrogen-bond acceptors (Lipinski definition) is 3. The van der Waals surface area contributed by atoms with E-state index in [1.165, 1.54) is 11.9 Å². The Hall–Kier alpha value is 0.270. The van der Waals surface area contributed by atoms with Crippen LogP contribution in [0.3, 0.4) is 0 Å². The summed E-state index contributed by atoms with van der Waals surface area (Å²) in [5.41, 5.74) is 1.69. The van der Waals surface area contributed by atoms with Crippen molar-refractivity contribution in [2.24, 2.45) is 4.99 Å². The summed E-state index contributed by atoms with van der Waals surface area (Å²) >= 11 is 7.05. The third-order valence-corrected chi connectivity index (χ3v) is 1.62. The van der Waals surface area contributed by atoms with Crippen LogP contribution in [0.5, 0.6) is 0 Å². The molecule has 1 atom stereocenters. The van der Waals surface area contributed by atoms with Gasteiger partial charge in [0.05, 0.1) is 5.55 Å². The highest BCUT2D eigenvalue weighted by Crippen LogP contribution is 2.19. The summed E-state index contributed by atoms with van der Waals surface area (Å²) in [5.74, 6) is 0. The lowest BCUT2D eigenvalue weighted by Crippen LogP contribution is -2.23. The van der Waals surface area contributed by atoms with Crippen LogP contribution in [0.25, 0.3) is 0 Å². The minimum Gasteiger partial charge on any atom is -0.247 e. The molecule has 0 aliphatic carbocycles. The number of alkyl halides is 1. The third-order valence-electron chi connectivity index (χ3n) is 0.593. The van der Waals surface area contributed by atoms with Gasteiger partial charge in [0.25, 0.3) is 0 Å². The fourth-order valence-electron chi connectivity index (χ4n) is 0.286. The Morgan fingerprint density at radius 3 is 2.86 bits per heavy atom. The van der Waals surface area contributed by atoms with Crippen molar-refractivity contribution < 1.29 is 0 Å². The van der Waals surface area contributed by atoms with E-state index in [1.54, 1.807) is 12.5 Å². The molecule has 2 nitrogen and oxygen atoms in total. The molecule has 7 heavy (non-hydrogen) atoms. The Bertz CT molecular complexity index is 101. The molecule has 0 saturated carbocycles. The molecule has 0 radical (unpaired) electrons. The predicted octanol–water partition coefficient (Wildman–Crippen LogP) is 1.18. The first kappa shape index (κ1) is 5.41. The van der Waals surface area contributed by atoms with E-state index in [4.69, 9.17) is 11.6 Å². The van der Waals surface area contributed by atoms with Crippen LogP contribution in [0.1, 0.15) is 6.92 Å². The van der Waals surface area contributed by atoms with E-state index in [0.29, 0.717) is 0 Å². The quantitative estimate of drug-likeness (QED) is 0.307. The largest absolute Gasteiger partial charge is 0.247 e. The molecule has 1 N–H and O–H groups in total. The van der Waals surface area contributed by atoms with Gasteiger partial charge in [-0.25, -0.2) is 9.71 Å². The molecule has 1 unspecified atom stereocenters. The van der Waals surface area contributed by atoms with Crippen molar-refractivity contribution in [1.29, 1.82) is 0 Å². The van der Waals surface area contributed by atoms with Crippen LogP contribution >= 0.6 is 23.5 Å². The second-order valence-corrected chi connectivity index (χ2v) is 2.79. The van der Waals surface area contributed by atoms with Gasteiger partial charge in [-0.15, -0.1) is 0 Å². The van der Waals surface area contributed by atoms with E-state index >= 15 is 0 Å². The van der Waals surface area contributed by atoms with Crippen molar-refractivity contribution >= 4 is 29.1 Å². The van der Waals surface area contributed by atoms with Gasteiger partial charge in [0.2, 0.25) is 0 Å². The summed E-state index contributed by atoms with van der Waals surface area (Å²) < 4.78 is 2.86. The van der Waals surface area contributed by atoms with Gasteiger partial charge >= 0.3 is 0 Å². The summed E-state index contributed by atoms with van der Waals surface area (Å²) in [5, 5.41) is -0.551. The minimum absolute atomic E-state index is 0.551. The van der Waals surface area contributed by atoms with Crippen molar-refractivity contribution in [3.63, 3.8) is 0 Å². The first-order valence-corrected chi connectivity index (χ1v) is 3.12. The first-order valence-electron chi connectivity index (χ1n) is 1.86. The smallest absolute Gasteiger partial charge is 0.193 e. The van der Waals surface area contributed by atoms with E-state index in [2.05, 4.69) is 9.71 Å². The fraction of sp³-hybridized carbons (Fsp3) is 0.667. The van der Waals surface area contributed by atoms with Gasteiger partial charge in [-0.3, -0.25) is 0 Å². The number of halogens is 1. The van der Waals surface area contributed by atoms with Crippen molar-refractivity contribution in [3.8, 4) is 0 Å². The fourth-order valence-corrected chi connectivity index (χ4v) is 1.11. The molecule has 40 valence electrons. The van der Waals surface area contributed by atoms with Gasteiger partial charge < -0.3 is 0 Å². The highest BCUT2D eigenvalue weighted by molar-refractivity contribution is 8.10. The van der Waals surface area contributed by atoms with Crippen LogP contribution in [-0.2, 0) is 0 Å². The standard InChI is InChI=1S/C3H5ClN2S/c1-3(4)5-2-7-6-3/h2,6H,1H3. The van der Waals surface area contributed by atoms with Crippen molar-refractivity contribution in [2.75, 3.05) is 0 Å². The topological polar surface area (TPSA) is 24.4 Å². The molecule has 0 aromatic carbocycles. The molecule has 1 aliphatic heterocycles. The SMILES string of the molecule is CC1(Cl)N=CSN1. The minimum atomic E-state index is -0.551. The summed E-state index contributed by atoms with van der Waals surface area (Å²) in [4.78, 5) is 3.86.